The Morgan fingerprint density at radius 3 is 2.31 bits per heavy atom. The summed E-state index contributed by atoms with van der Waals surface area (Å²) in [6.07, 6.45) is -0.432. The predicted octanol–water partition coefficient (Wildman–Crippen LogP) is 0.686. The molecular formula is C8H15O4P. The number of carbonyl (C=O) groups is 2. The zero-order chi connectivity index (χ0) is 10.4. The molecule has 3 atom stereocenters. The van der Waals surface area contributed by atoms with Crippen LogP contribution in [0.1, 0.15) is 26.7 Å². The van der Waals surface area contributed by atoms with E-state index in [0.717, 1.165) is 0 Å². The summed E-state index contributed by atoms with van der Waals surface area (Å²) in [4.78, 5) is 22.0. The second kappa shape index (κ2) is 6.06. The molecule has 0 saturated carbocycles. The SMILES string of the molecule is C[C@H](CC(=O)C[C@@H](C)O)C(=O)OP. The molecule has 0 amide bonds. The van der Waals surface area contributed by atoms with Crippen LogP contribution in [0.4, 0.5) is 0 Å². The molecule has 0 aromatic rings. The standard InChI is InChI=1S/C8H15O4P/c1-5(8(11)12-13)3-7(10)4-6(2)9/h5-6,9H,3-4,13H2,1-2H3/t5-,6-/m1/s1. The maximum absolute atomic E-state index is 11.1. The van der Waals surface area contributed by atoms with Crippen LogP contribution in [-0.4, -0.2) is 23.0 Å². The topological polar surface area (TPSA) is 63.6 Å². The molecule has 0 rings (SSSR count). The van der Waals surface area contributed by atoms with Crippen molar-refractivity contribution in [2.75, 3.05) is 0 Å². The van der Waals surface area contributed by atoms with E-state index in [9.17, 15) is 9.59 Å². The van der Waals surface area contributed by atoms with Crippen molar-refractivity contribution in [1.29, 1.82) is 0 Å². The number of aliphatic hydroxyl groups excluding tert-OH is 1. The van der Waals surface area contributed by atoms with Crippen LogP contribution in [0.5, 0.6) is 0 Å². The Morgan fingerprint density at radius 2 is 1.92 bits per heavy atom. The van der Waals surface area contributed by atoms with E-state index in [1.807, 2.05) is 9.47 Å². The van der Waals surface area contributed by atoms with Crippen LogP contribution in [0.2, 0.25) is 0 Å². The number of aliphatic hydroxyl groups is 1. The molecule has 1 N–H and O–H groups in total. The molecule has 0 radical (unpaired) electrons. The monoisotopic (exact) mass is 206 g/mol. The van der Waals surface area contributed by atoms with Crippen LogP contribution in [0.25, 0.3) is 0 Å². The van der Waals surface area contributed by atoms with Crippen molar-refractivity contribution in [2.24, 2.45) is 5.92 Å². The highest BCUT2D eigenvalue weighted by Gasteiger charge is 2.18. The van der Waals surface area contributed by atoms with Crippen molar-refractivity contribution in [2.45, 2.75) is 32.8 Å². The largest absolute Gasteiger partial charge is 0.451 e. The fourth-order valence-corrected chi connectivity index (χ4v) is 1.19. The second-order valence-electron chi connectivity index (χ2n) is 3.13. The fraction of sp³-hybridized carbons (Fsp3) is 0.750. The molecule has 4 nitrogen and oxygen atoms in total. The molecule has 0 heterocycles. The molecule has 0 saturated heterocycles. The maximum atomic E-state index is 11.1. The summed E-state index contributed by atoms with van der Waals surface area (Å²) in [5.41, 5.74) is 0. The second-order valence-corrected chi connectivity index (χ2v) is 3.37. The number of Topliss-reactive ketones (excluding diaryl/α,β-unsaturated/α-hetero) is 1. The summed E-state index contributed by atoms with van der Waals surface area (Å²) < 4.78 is 4.38. The molecule has 0 aliphatic carbocycles. The third-order valence-electron chi connectivity index (χ3n) is 1.58. The van der Waals surface area contributed by atoms with Crippen molar-refractivity contribution in [1.82, 2.24) is 0 Å². The van der Waals surface area contributed by atoms with Gasteiger partial charge in [0.15, 0.2) is 0 Å². The van der Waals surface area contributed by atoms with Gasteiger partial charge in [-0.2, -0.15) is 0 Å². The minimum absolute atomic E-state index is 0.0917. The van der Waals surface area contributed by atoms with E-state index in [-0.39, 0.29) is 18.6 Å². The zero-order valence-corrected chi connectivity index (χ0v) is 8.97. The van der Waals surface area contributed by atoms with Crippen LogP contribution in [-0.2, 0) is 14.1 Å². The third-order valence-corrected chi connectivity index (χ3v) is 1.81. The lowest BCUT2D eigenvalue weighted by atomic mass is 10.0. The summed E-state index contributed by atoms with van der Waals surface area (Å²) >= 11 is 0. The molecule has 0 aromatic heterocycles. The Hall–Kier alpha value is -0.470. The molecule has 0 bridgehead atoms. The lowest BCUT2D eigenvalue weighted by Crippen LogP contribution is -2.18. The van der Waals surface area contributed by atoms with E-state index in [2.05, 4.69) is 4.52 Å². The summed E-state index contributed by atoms with van der Waals surface area (Å²) in [7, 11) is 1.85. The molecule has 76 valence electrons. The first-order chi connectivity index (χ1) is 5.97. The first-order valence-corrected chi connectivity index (χ1v) is 4.54. The Labute approximate surface area is 79.9 Å². The van der Waals surface area contributed by atoms with Crippen LogP contribution < -0.4 is 0 Å². The van der Waals surface area contributed by atoms with E-state index >= 15 is 0 Å². The van der Waals surface area contributed by atoms with Gasteiger partial charge >= 0.3 is 5.97 Å². The molecule has 0 aromatic carbocycles. The fourth-order valence-electron chi connectivity index (χ4n) is 0.954. The smallest absolute Gasteiger partial charge is 0.311 e. The zero-order valence-electron chi connectivity index (χ0n) is 7.82. The van der Waals surface area contributed by atoms with Gasteiger partial charge in [-0.3, -0.25) is 9.59 Å². The van der Waals surface area contributed by atoms with Crippen LogP contribution in [0.3, 0.4) is 0 Å². The van der Waals surface area contributed by atoms with Crippen molar-refractivity contribution in [3.05, 3.63) is 0 Å². The number of hydrogen-bond donors (Lipinski definition) is 1. The van der Waals surface area contributed by atoms with E-state index < -0.39 is 18.0 Å². The van der Waals surface area contributed by atoms with Crippen LogP contribution in [0.15, 0.2) is 0 Å². The van der Waals surface area contributed by atoms with Gasteiger partial charge in [-0.15, -0.1) is 0 Å². The summed E-state index contributed by atoms with van der Waals surface area (Å²) in [6.45, 7) is 3.16. The molecule has 5 heteroatoms. The van der Waals surface area contributed by atoms with Gasteiger partial charge in [-0.1, -0.05) is 6.92 Å². The van der Waals surface area contributed by atoms with Gasteiger partial charge in [0.25, 0.3) is 0 Å². The lowest BCUT2D eigenvalue weighted by molar-refractivity contribution is -0.139. The minimum atomic E-state index is -0.647. The van der Waals surface area contributed by atoms with E-state index in [1.165, 1.54) is 6.92 Å². The summed E-state index contributed by atoms with van der Waals surface area (Å²) in [5, 5.41) is 8.89. The molecule has 0 spiro atoms. The van der Waals surface area contributed by atoms with Crippen molar-refractivity contribution < 1.29 is 19.2 Å². The van der Waals surface area contributed by atoms with Gasteiger partial charge in [0.2, 0.25) is 0 Å². The number of ketones is 1. The average Bonchev–Trinajstić information content (AvgIpc) is 2.01. The van der Waals surface area contributed by atoms with Crippen LogP contribution in [0, 0.1) is 5.92 Å². The molecule has 13 heavy (non-hydrogen) atoms. The lowest BCUT2D eigenvalue weighted by Gasteiger charge is -2.08. The van der Waals surface area contributed by atoms with Crippen molar-refractivity contribution in [3.8, 4) is 0 Å². The van der Waals surface area contributed by atoms with Gasteiger partial charge in [0.1, 0.15) is 5.78 Å². The normalized spacial score (nSPS) is 14.8. The van der Waals surface area contributed by atoms with Gasteiger partial charge in [0, 0.05) is 12.8 Å². The molecule has 0 fully saturated rings. The van der Waals surface area contributed by atoms with Crippen molar-refractivity contribution >= 4 is 21.2 Å². The van der Waals surface area contributed by atoms with Gasteiger partial charge in [-0.25, -0.2) is 0 Å². The molecular weight excluding hydrogens is 191 g/mol. The molecule has 0 aliphatic heterocycles. The van der Waals surface area contributed by atoms with Crippen molar-refractivity contribution in [3.63, 3.8) is 0 Å². The highest BCUT2D eigenvalue weighted by Crippen LogP contribution is 2.09. The predicted molar refractivity (Wildman–Crippen MR) is 50.9 cm³/mol. The summed E-state index contributed by atoms with van der Waals surface area (Å²) in [6, 6.07) is 0. The Kier molecular flexibility index (Phi) is 5.84. The first-order valence-electron chi connectivity index (χ1n) is 4.07. The van der Waals surface area contributed by atoms with Gasteiger partial charge in [-0.05, 0) is 6.92 Å². The first kappa shape index (κ1) is 12.5. The number of carbonyl (C=O) groups excluding carboxylic acids is 2. The molecule has 0 aliphatic rings. The summed E-state index contributed by atoms with van der Waals surface area (Å²) in [5.74, 6) is -0.995. The number of hydrogen-bond acceptors (Lipinski definition) is 4. The highest BCUT2D eigenvalue weighted by atomic mass is 31.0. The maximum Gasteiger partial charge on any atom is 0.311 e. The van der Waals surface area contributed by atoms with Crippen LogP contribution >= 0.6 is 9.47 Å². The van der Waals surface area contributed by atoms with Gasteiger partial charge in [0.05, 0.1) is 21.5 Å². The van der Waals surface area contributed by atoms with E-state index in [4.69, 9.17) is 5.11 Å². The minimum Gasteiger partial charge on any atom is -0.451 e. The third kappa shape index (κ3) is 5.72. The number of rotatable bonds is 5. The Bertz CT molecular complexity index is 191. The highest BCUT2D eigenvalue weighted by molar-refractivity contribution is 7.10. The van der Waals surface area contributed by atoms with Gasteiger partial charge < -0.3 is 9.63 Å². The molecule has 1 unspecified atom stereocenters. The average molecular weight is 206 g/mol. The van der Waals surface area contributed by atoms with E-state index in [0.29, 0.717) is 0 Å². The Balaban J connectivity index is 3.85. The Morgan fingerprint density at radius 1 is 1.38 bits per heavy atom. The van der Waals surface area contributed by atoms with E-state index in [1.54, 1.807) is 6.92 Å². The quantitative estimate of drug-likeness (QED) is 0.672.